The maximum absolute atomic E-state index is 12.3. The number of hydrogen-bond acceptors (Lipinski definition) is 3. The Morgan fingerprint density at radius 3 is 2.89 bits per heavy atom. The molecule has 0 heterocycles. The van der Waals surface area contributed by atoms with Gasteiger partial charge in [-0.3, -0.25) is 4.79 Å². The van der Waals surface area contributed by atoms with Crippen molar-refractivity contribution in [3.63, 3.8) is 0 Å². The number of rotatable bonds is 6. The van der Waals surface area contributed by atoms with Gasteiger partial charge in [-0.2, -0.15) is 0 Å². The van der Waals surface area contributed by atoms with E-state index in [9.17, 15) is 4.79 Å². The molecular weight excluding hydrogens is 240 g/mol. The number of nitrogen functional groups attached to an aromatic ring is 1. The topological polar surface area (TPSA) is 55.6 Å². The second kappa shape index (κ2) is 6.06. The van der Waals surface area contributed by atoms with Crippen LogP contribution in [0.4, 0.5) is 5.69 Å². The Hall–Kier alpha value is -1.55. The normalized spacial score (nSPS) is 14.4. The summed E-state index contributed by atoms with van der Waals surface area (Å²) < 4.78 is 5.55. The Labute approximate surface area is 114 Å². The summed E-state index contributed by atoms with van der Waals surface area (Å²) in [6.07, 6.45) is 2.58. The van der Waals surface area contributed by atoms with Crippen LogP contribution in [0.15, 0.2) is 18.2 Å². The molecule has 4 heteroatoms. The van der Waals surface area contributed by atoms with Crippen LogP contribution in [0, 0.1) is 12.8 Å². The summed E-state index contributed by atoms with van der Waals surface area (Å²) in [4.78, 5) is 14.0. The van der Waals surface area contributed by atoms with Crippen molar-refractivity contribution in [1.82, 2.24) is 4.90 Å². The van der Waals surface area contributed by atoms with Crippen molar-refractivity contribution < 1.29 is 9.53 Å². The van der Waals surface area contributed by atoms with Gasteiger partial charge in [0, 0.05) is 31.5 Å². The lowest BCUT2D eigenvalue weighted by molar-refractivity contribution is 0.0680. The minimum atomic E-state index is -0.000165. The summed E-state index contributed by atoms with van der Waals surface area (Å²) in [6, 6.07) is 5.44. The summed E-state index contributed by atoms with van der Waals surface area (Å²) in [5.74, 6) is 0.761. The molecule has 1 aliphatic carbocycles. The number of amides is 1. The third-order valence-corrected chi connectivity index (χ3v) is 3.57. The van der Waals surface area contributed by atoms with Gasteiger partial charge in [0.15, 0.2) is 0 Å². The highest BCUT2D eigenvalue weighted by molar-refractivity contribution is 5.96. The first kappa shape index (κ1) is 13.9. The number of nitrogens with zero attached hydrogens (tertiary/aromatic N) is 1. The molecule has 1 fully saturated rings. The molecule has 2 rings (SSSR count). The van der Waals surface area contributed by atoms with Gasteiger partial charge < -0.3 is 15.4 Å². The average molecular weight is 262 g/mol. The van der Waals surface area contributed by atoms with Crippen LogP contribution >= 0.6 is 0 Å². The van der Waals surface area contributed by atoms with E-state index >= 15 is 0 Å². The van der Waals surface area contributed by atoms with Gasteiger partial charge >= 0.3 is 0 Å². The van der Waals surface area contributed by atoms with Crippen LogP contribution in [0.3, 0.4) is 0 Å². The molecule has 1 aromatic carbocycles. The van der Waals surface area contributed by atoms with E-state index in [0.717, 1.165) is 18.1 Å². The average Bonchev–Trinajstić information content (AvgIpc) is 3.21. The summed E-state index contributed by atoms with van der Waals surface area (Å²) >= 11 is 0. The molecule has 1 aromatic rings. The van der Waals surface area contributed by atoms with E-state index in [0.29, 0.717) is 24.4 Å². The van der Waals surface area contributed by atoms with Crippen LogP contribution in [0.1, 0.15) is 28.8 Å². The SMILES string of the molecule is Cc1c(N)cccc1C(=O)N(C)CCOCC1CC1. The monoisotopic (exact) mass is 262 g/mol. The van der Waals surface area contributed by atoms with Gasteiger partial charge in [-0.25, -0.2) is 0 Å². The van der Waals surface area contributed by atoms with E-state index < -0.39 is 0 Å². The second-order valence-electron chi connectivity index (χ2n) is 5.26. The Balaban J connectivity index is 1.84. The van der Waals surface area contributed by atoms with Crippen molar-refractivity contribution in [2.75, 3.05) is 32.5 Å². The fourth-order valence-electron chi connectivity index (χ4n) is 1.93. The van der Waals surface area contributed by atoms with Gasteiger partial charge in [-0.05, 0) is 43.4 Å². The molecule has 104 valence electrons. The molecule has 1 amide bonds. The smallest absolute Gasteiger partial charge is 0.254 e. The quantitative estimate of drug-likeness (QED) is 0.631. The van der Waals surface area contributed by atoms with E-state index in [1.54, 1.807) is 11.9 Å². The molecule has 0 unspecified atom stereocenters. The zero-order chi connectivity index (χ0) is 13.8. The number of hydrogen-bond donors (Lipinski definition) is 1. The van der Waals surface area contributed by atoms with Crippen LogP contribution in [-0.2, 0) is 4.74 Å². The van der Waals surface area contributed by atoms with Crippen molar-refractivity contribution in [3.8, 4) is 0 Å². The molecule has 1 aliphatic rings. The van der Waals surface area contributed by atoms with E-state index in [1.165, 1.54) is 12.8 Å². The predicted molar refractivity (Wildman–Crippen MR) is 76.1 cm³/mol. The summed E-state index contributed by atoms with van der Waals surface area (Å²) in [7, 11) is 1.80. The molecule has 19 heavy (non-hydrogen) atoms. The Morgan fingerprint density at radius 2 is 2.21 bits per heavy atom. The second-order valence-corrected chi connectivity index (χ2v) is 5.26. The van der Waals surface area contributed by atoms with Gasteiger partial charge in [-0.1, -0.05) is 6.07 Å². The molecule has 2 N–H and O–H groups in total. The van der Waals surface area contributed by atoms with Crippen molar-refractivity contribution in [1.29, 1.82) is 0 Å². The van der Waals surface area contributed by atoms with Crippen molar-refractivity contribution in [2.45, 2.75) is 19.8 Å². The lowest BCUT2D eigenvalue weighted by Crippen LogP contribution is -2.31. The Kier molecular flexibility index (Phi) is 4.43. The molecule has 0 spiro atoms. The molecule has 1 saturated carbocycles. The van der Waals surface area contributed by atoms with Crippen LogP contribution < -0.4 is 5.73 Å². The number of nitrogens with two attached hydrogens (primary N) is 1. The third-order valence-electron chi connectivity index (χ3n) is 3.57. The minimum Gasteiger partial charge on any atom is -0.398 e. The van der Waals surface area contributed by atoms with Crippen molar-refractivity contribution in [2.24, 2.45) is 5.92 Å². The van der Waals surface area contributed by atoms with Crippen molar-refractivity contribution in [3.05, 3.63) is 29.3 Å². The van der Waals surface area contributed by atoms with Gasteiger partial charge in [0.05, 0.1) is 6.61 Å². The number of anilines is 1. The lowest BCUT2D eigenvalue weighted by atomic mass is 10.1. The molecule has 0 aliphatic heterocycles. The van der Waals surface area contributed by atoms with E-state index in [2.05, 4.69) is 0 Å². The maximum Gasteiger partial charge on any atom is 0.254 e. The van der Waals surface area contributed by atoms with Gasteiger partial charge in [0.1, 0.15) is 0 Å². The number of benzene rings is 1. The Bertz CT molecular complexity index is 455. The predicted octanol–water partition coefficient (Wildman–Crippen LogP) is 2.08. The first-order chi connectivity index (χ1) is 9.09. The first-order valence-corrected chi connectivity index (χ1v) is 6.78. The number of likely N-dealkylation sites (N-methyl/N-ethyl adjacent to an activating group) is 1. The minimum absolute atomic E-state index is 0.000165. The molecular formula is C15H22N2O2. The van der Waals surface area contributed by atoms with Crippen LogP contribution in [-0.4, -0.2) is 37.6 Å². The van der Waals surface area contributed by atoms with E-state index in [-0.39, 0.29) is 5.91 Å². The maximum atomic E-state index is 12.3. The van der Waals surface area contributed by atoms with Crippen LogP contribution in [0.2, 0.25) is 0 Å². The molecule has 0 bridgehead atoms. The van der Waals surface area contributed by atoms with Gasteiger partial charge in [-0.15, -0.1) is 0 Å². The number of ether oxygens (including phenoxy) is 1. The number of carbonyl (C=O) groups is 1. The summed E-state index contributed by atoms with van der Waals surface area (Å²) in [5.41, 5.74) is 8.00. The molecule has 4 nitrogen and oxygen atoms in total. The molecule has 0 aromatic heterocycles. The molecule has 0 atom stereocenters. The molecule has 0 saturated heterocycles. The van der Waals surface area contributed by atoms with Crippen LogP contribution in [0.25, 0.3) is 0 Å². The highest BCUT2D eigenvalue weighted by Gasteiger charge is 2.21. The highest BCUT2D eigenvalue weighted by atomic mass is 16.5. The molecule has 0 radical (unpaired) electrons. The lowest BCUT2D eigenvalue weighted by Gasteiger charge is -2.18. The number of carbonyl (C=O) groups excluding carboxylic acids is 1. The fraction of sp³-hybridized carbons (Fsp3) is 0.533. The summed E-state index contributed by atoms with van der Waals surface area (Å²) in [6.45, 7) is 3.92. The van der Waals surface area contributed by atoms with Gasteiger partial charge in [0.2, 0.25) is 0 Å². The van der Waals surface area contributed by atoms with E-state index in [4.69, 9.17) is 10.5 Å². The standard InChI is InChI=1S/C15H22N2O2/c1-11-13(4-3-5-14(11)16)15(18)17(2)8-9-19-10-12-6-7-12/h3-5,12H,6-10,16H2,1-2H3. The van der Waals surface area contributed by atoms with Gasteiger partial charge in [0.25, 0.3) is 5.91 Å². The largest absolute Gasteiger partial charge is 0.398 e. The van der Waals surface area contributed by atoms with E-state index in [1.807, 2.05) is 25.1 Å². The van der Waals surface area contributed by atoms with Crippen LogP contribution in [0.5, 0.6) is 0 Å². The third kappa shape index (κ3) is 3.70. The zero-order valence-corrected chi connectivity index (χ0v) is 11.7. The first-order valence-electron chi connectivity index (χ1n) is 6.78. The fourth-order valence-corrected chi connectivity index (χ4v) is 1.93. The van der Waals surface area contributed by atoms with Crippen molar-refractivity contribution >= 4 is 11.6 Å². The highest BCUT2D eigenvalue weighted by Crippen LogP contribution is 2.28. The zero-order valence-electron chi connectivity index (χ0n) is 11.7. The summed E-state index contributed by atoms with van der Waals surface area (Å²) in [5, 5.41) is 0. The Morgan fingerprint density at radius 1 is 1.47 bits per heavy atom.